The summed E-state index contributed by atoms with van der Waals surface area (Å²) in [4.78, 5) is 12.1. The largest absolute Gasteiger partial charge is 0.326 e. The van der Waals surface area contributed by atoms with E-state index in [2.05, 4.69) is 47.0 Å². The topological polar surface area (TPSA) is 41.1 Å². The molecule has 0 spiro atoms. The minimum atomic E-state index is 0. The standard InChI is InChI=1S/C19H20N2O.ClH/c22-19(9-13-7-8-20-12-13)21-16-5-6-18-15(11-16)10-14-3-1-2-4-17(14)18;/h1-6,11,13,20H,7-10,12H2,(H,21,22);1H. The Morgan fingerprint density at radius 1 is 1.13 bits per heavy atom. The number of hydrogen-bond acceptors (Lipinski definition) is 2. The quantitative estimate of drug-likeness (QED) is 0.771. The van der Waals surface area contributed by atoms with Crippen LogP contribution < -0.4 is 10.6 Å². The first-order chi connectivity index (χ1) is 10.8. The zero-order valence-corrected chi connectivity index (χ0v) is 13.8. The summed E-state index contributed by atoms with van der Waals surface area (Å²) in [6, 6.07) is 14.8. The molecule has 2 N–H and O–H groups in total. The predicted octanol–water partition coefficient (Wildman–Crippen LogP) is 3.62. The molecule has 1 atom stereocenters. The lowest BCUT2D eigenvalue weighted by molar-refractivity contribution is -0.116. The van der Waals surface area contributed by atoms with Crippen LogP contribution in [-0.2, 0) is 11.2 Å². The van der Waals surface area contributed by atoms with E-state index in [0.29, 0.717) is 12.3 Å². The number of halogens is 1. The maximum Gasteiger partial charge on any atom is 0.224 e. The summed E-state index contributed by atoms with van der Waals surface area (Å²) in [5.41, 5.74) is 6.23. The van der Waals surface area contributed by atoms with Gasteiger partial charge in [-0.1, -0.05) is 30.3 Å². The third-order valence-corrected chi connectivity index (χ3v) is 4.71. The van der Waals surface area contributed by atoms with Crippen LogP contribution in [0.25, 0.3) is 11.1 Å². The van der Waals surface area contributed by atoms with Gasteiger partial charge in [-0.3, -0.25) is 4.79 Å². The van der Waals surface area contributed by atoms with Crippen molar-refractivity contribution in [2.24, 2.45) is 5.92 Å². The summed E-state index contributed by atoms with van der Waals surface area (Å²) in [6.07, 6.45) is 2.68. The molecule has 1 saturated heterocycles. The highest BCUT2D eigenvalue weighted by atomic mass is 35.5. The van der Waals surface area contributed by atoms with Crippen LogP contribution in [0.3, 0.4) is 0 Å². The number of carbonyl (C=O) groups excluding carboxylic acids is 1. The molecule has 2 aliphatic rings. The molecule has 3 nitrogen and oxygen atoms in total. The Morgan fingerprint density at radius 3 is 2.78 bits per heavy atom. The molecule has 0 aromatic heterocycles. The van der Waals surface area contributed by atoms with Crippen LogP contribution in [0.4, 0.5) is 5.69 Å². The van der Waals surface area contributed by atoms with Crippen molar-refractivity contribution < 1.29 is 4.79 Å². The molecule has 120 valence electrons. The summed E-state index contributed by atoms with van der Waals surface area (Å²) >= 11 is 0. The Morgan fingerprint density at radius 2 is 1.96 bits per heavy atom. The molecule has 1 fully saturated rings. The summed E-state index contributed by atoms with van der Waals surface area (Å²) < 4.78 is 0. The van der Waals surface area contributed by atoms with E-state index in [1.54, 1.807) is 0 Å². The van der Waals surface area contributed by atoms with Crippen LogP contribution in [0.2, 0.25) is 0 Å². The number of hydrogen-bond donors (Lipinski definition) is 2. The van der Waals surface area contributed by atoms with E-state index in [0.717, 1.165) is 31.6 Å². The van der Waals surface area contributed by atoms with Gasteiger partial charge in [0.1, 0.15) is 0 Å². The van der Waals surface area contributed by atoms with Crippen molar-refractivity contribution in [1.82, 2.24) is 5.32 Å². The SMILES string of the molecule is Cl.O=C(CC1CCNC1)Nc1ccc2c(c1)Cc1ccccc1-2. The fraction of sp³-hybridized carbons (Fsp3) is 0.316. The number of carbonyl (C=O) groups is 1. The highest BCUT2D eigenvalue weighted by molar-refractivity contribution is 5.92. The van der Waals surface area contributed by atoms with E-state index in [1.165, 1.54) is 22.3 Å². The Kier molecular flexibility index (Phi) is 4.69. The average Bonchev–Trinajstić information content (AvgIpc) is 3.13. The fourth-order valence-electron chi connectivity index (χ4n) is 3.59. The van der Waals surface area contributed by atoms with Crippen molar-refractivity contribution in [3.8, 4) is 11.1 Å². The highest BCUT2D eigenvalue weighted by Crippen LogP contribution is 2.37. The molecular formula is C19H21ClN2O. The molecular weight excluding hydrogens is 308 g/mol. The lowest BCUT2D eigenvalue weighted by Gasteiger charge is -2.10. The van der Waals surface area contributed by atoms with Crippen molar-refractivity contribution in [2.45, 2.75) is 19.3 Å². The summed E-state index contributed by atoms with van der Waals surface area (Å²) in [5.74, 6) is 0.614. The molecule has 4 rings (SSSR count). The Hall–Kier alpha value is -1.84. The van der Waals surface area contributed by atoms with E-state index in [9.17, 15) is 4.79 Å². The molecule has 0 saturated carbocycles. The maximum absolute atomic E-state index is 12.1. The third kappa shape index (κ3) is 3.26. The minimum absolute atomic E-state index is 0. The molecule has 2 aromatic carbocycles. The second-order valence-electron chi connectivity index (χ2n) is 6.32. The van der Waals surface area contributed by atoms with Crippen LogP contribution in [0, 0.1) is 5.92 Å². The second kappa shape index (κ2) is 6.73. The Balaban J connectivity index is 0.00000156. The third-order valence-electron chi connectivity index (χ3n) is 4.71. The number of anilines is 1. The van der Waals surface area contributed by atoms with Crippen LogP contribution in [-0.4, -0.2) is 19.0 Å². The van der Waals surface area contributed by atoms with Crippen LogP contribution >= 0.6 is 12.4 Å². The number of amides is 1. The van der Waals surface area contributed by atoms with Gasteiger partial charge in [0.2, 0.25) is 5.91 Å². The van der Waals surface area contributed by atoms with Crippen LogP contribution in [0.1, 0.15) is 24.0 Å². The summed E-state index contributed by atoms with van der Waals surface area (Å²) in [5, 5.41) is 6.36. The van der Waals surface area contributed by atoms with E-state index in [-0.39, 0.29) is 18.3 Å². The van der Waals surface area contributed by atoms with Gasteiger partial charge in [0.15, 0.2) is 0 Å². The van der Waals surface area contributed by atoms with Gasteiger partial charge in [-0.05, 0) is 66.2 Å². The number of nitrogens with one attached hydrogen (secondary N) is 2. The first kappa shape index (κ1) is 16.0. The molecule has 1 amide bonds. The zero-order valence-electron chi connectivity index (χ0n) is 13.0. The average molecular weight is 329 g/mol. The van der Waals surface area contributed by atoms with Gasteiger partial charge in [-0.25, -0.2) is 0 Å². The molecule has 0 bridgehead atoms. The molecule has 4 heteroatoms. The Labute approximate surface area is 142 Å². The van der Waals surface area contributed by atoms with E-state index < -0.39 is 0 Å². The van der Waals surface area contributed by atoms with Crippen molar-refractivity contribution in [3.05, 3.63) is 53.6 Å². The Bertz CT molecular complexity index is 723. The van der Waals surface area contributed by atoms with Crippen molar-refractivity contribution in [1.29, 1.82) is 0 Å². The normalized spacial score (nSPS) is 18.0. The molecule has 0 radical (unpaired) electrons. The first-order valence-corrected chi connectivity index (χ1v) is 8.01. The smallest absolute Gasteiger partial charge is 0.224 e. The molecule has 2 aromatic rings. The van der Waals surface area contributed by atoms with Gasteiger partial charge in [-0.2, -0.15) is 0 Å². The molecule has 23 heavy (non-hydrogen) atoms. The van der Waals surface area contributed by atoms with Gasteiger partial charge < -0.3 is 10.6 Å². The van der Waals surface area contributed by atoms with Crippen molar-refractivity contribution in [2.75, 3.05) is 18.4 Å². The number of fused-ring (bicyclic) bond motifs is 3. The minimum Gasteiger partial charge on any atom is -0.326 e. The number of rotatable bonds is 3. The summed E-state index contributed by atoms with van der Waals surface area (Å²) in [6.45, 7) is 2.00. The molecule has 1 aliphatic heterocycles. The van der Waals surface area contributed by atoms with Crippen LogP contribution in [0.5, 0.6) is 0 Å². The summed E-state index contributed by atoms with van der Waals surface area (Å²) in [7, 11) is 0. The van der Waals surface area contributed by atoms with Gasteiger partial charge >= 0.3 is 0 Å². The maximum atomic E-state index is 12.1. The lowest BCUT2D eigenvalue weighted by Crippen LogP contribution is -2.18. The molecule has 1 heterocycles. The second-order valence-corrected chi connectivity index (χ2v) is 6.32. The number of benzene rings is 2. The zero-order chi connectivity index (χ0) is 14.9. The van der Waals surface area contributed by atoms with E-state index in [1.807, 2.05) is 6.07 Å². The van der Waals surface area contributed by atoms with Gasteiger partial charge in [0.25, 0.3) is 0 Å². The van der Waals surface area contributed by atoms with E-state index in [4.69, 9.17) is 0 Å². The predicted molar refractivity (Wildman–Crippen MR) is 96.2 cm³/mol. The monoisotopic (exact) mass is 328 g/mol. The van der Waals surface area contributed by atoms with Gasteiger partial charge in [0, 0.05) is 12.1 Å². The van der Waals surface area contributed by atoms with Crippen LogP contribution in [0.15, 0.2) is 42.5 Å². The fourth-order valence-corrected chi connectivity index (χ4v) is 3.59. The molecule has 1 aliphatic carbocycles. The highest BCUT2D eigenvalue weighted by Gasteiger charge is 2.20. The first-order valence-electron chi connectivity index (χ1n) is 8.01. The lowest BCUT2D eigenvalue weighted by atomic mass is 10.0. The van der Waals surface area contributed by atoms with Gasteiger partial charge in [-0.15, -0.1) is 12.4 Å². The van der Waals surface area contributed by atoms with Crippen molar-refractivity contribution in [3.63, 3.8) is 0 Å². The van der Waals surface area contributed by atoms with Crippen molar-refractivity contribution >= 4 is 24.0 Å². The van der Waals surface area contributed by atoms with E-state index >= 15 is 0 Å². The van der Waals surface area contributed by atoms with Gasteiger partial charge in [0.05, 0.1) is 0 Å². The molecule has 1 unspecified atom stereocenters.